The highest BCUT2D eigenvalue weighted by Crippen LogP contribution is 2.43. The Balaban J connectivity index is 1.84. The predicted molar refractivity (Wildman–Crippen MR) is 106 cm³/mol. The smallest absolute Gasteiger partial charge is 0.324 e. The molecule has 0 spiro atoms. The SMILES string of the molecule is N#CCSc1ccccc1NC(=O)CN1C(=O)NC(c2ccccc2)(C(F)(F)F)C1=O. The van der Waals surface area contributed by atoms with E-state index in [1.807, 2.05) is 6.07 Å². The number of amides is 4. The fraction of sp³-hybridized carbons (Fsp3) is 0.200. The summed E-state index contributed by atoms with van der Waals surface area (Å²) < 4.78 is 41.9. The molecular weight excluding hydrogens is 433 g/mol. The van der Waals surface area contributed by atoms with Crippen LogP contribution in [0.25, 0.3) is 0 Å². The second kappa shape index (κ2) is 8.69. The van der Waals surface area contributed by atoms with Gasteiger partial charge in [-0.05, 0) is 17.7 Å². The van der Waals surface area contributed by atoms with Crippen molar-refractivity contribution in [3.63, 3.8) is 0 Å². The quantitative estimate of drug-likeness (QED) is 0.522. The van der Waals surface area contributed by atoms with Gasteiger partial charge in [-0.25, -0.2) is 4.79 Å². The normalized spacial score (nSPS) is 18.5. The van der Waals surface area contributed by atoms with Crippen LogP contribution in [0.1, 0.15) is 5.56 Å². The fourth-order valence-corrected chi connectivity index (χ4v) is 3.77. The van der Waals surface area contributed by atoms with E-state index in [9.17, 15) is 27.6 Å². The van der Waals surface area contributed by atoms with Crippen LogP contribution in [0.15, 0.2) is 59.5 Å². The van der Waals surface area contributed by atoms with Crippen molar-refractivity contribution in [3.8, 4) is 6.07 Å². The molecule has 1 saturated heterocycles. The summed E-state index contributed by atoms with van der Waals surface area (Å²) >= 11 is 1.15. The number of benzene rings is 2. The molecule has 0 radical (unpaired) electrons. The van der Waals surface area contributed by atoms with Crippen molar-refractivity contribution < 1.29 is 27.6 Å². The number of imide groups is 1. The minimum absolute atomic E-state index is 0.116. The molecule has 7 nitrogen and oxygen atoms in total. The van der Waals surface area contributed by atoms with Gasteiger partial charge in [0.25, 0.3) is 5.91 Å². The number of urea groups is 1. The van der Waals surface area contributed by atoms with E-state index < -0.39 is 41.7 Å². The summed E-state index contributed by atoms with van der Waals surface area (Å²) in [5, 5.41) is 12.9. The number of nitrogens with zero attached hydrogens (tertiary/aromatic N) is 2. The van der Waals surface area contributed by atoms with Crippen molar-refractivity contribution in [2.75, 3.05) is 17.6 Å². The Kier molecular flexibility index (Phi) is 6.21. The monoisotopic (exact) mass is 448 g/mol. The lowest BCUT2D eigenvalue weighted by molar-refractivity contribution is -0.198. The first kappa shape index (κ1) is 22.2. The summed E-state index contributed by atoms with van der Waals surface area (Å²) in [5.74, 6) is -2.33. The van der Waals surface area contributed by atoms with Crippen LogP contribution >= 0.6 is 11.8 Å². The lowest BCUT2D eigenvalue weighted by Gasteiger charge is -2.29. The van der Waals surface area contributed by atoms with Crippen LogP contribution in [0.2, 0.25) is 0 Å². The van der Waals surface area contributed by atoms with Gasteiger partial charge in [0.2, 0.25) is 11.4 Å². The van der Waals surface area contributed by atoms with E-state index in [-0.39, 0.29) is 10.7 Å². The zero-order valence-corrected chi connectivity index (χ0v) is 16.6. The van der Waals surface area contributed by atoms with Gasteiger partial charge in [-0.2, -0.15) is 18.4 Å². The number of rotatable bonds is 6. The topological polar surface area (TPSA) is 102 Å². The molecule has 11 heteroatoms. The molecule has 0 bridgehead atoms. The van der Waals surface area contributed by atoms with Crippen LogP contribution in [0.5, 0.6) is 0 Å². The number of nitriles is 1. The van der Waals surface area contributed by atoms with Gasteiger partial charge in [-0.15, -0.1) is 11.8 Å². The minimum atomic E-state index is -5.13. The minimum Gasteiger partial charge on any atom is -0.324 e. The number of anilines is 1. The molecule has 1 fully saturated rings. The highest BCUT2D eigenvalue weighted by atomic mass is 32.2. The molecule has 3 rings (SSSR count). The summed E-state index contributed by atoms with van der Waals surface area (Å²) in [6.07, 6.45) is -5.13. The zero-order valence-electron chi connectivity index (χ0n) is 15.8. The Labute approximate surface area is 179 Å². The van der Waals surface area contributed by atoms with Crippen molar-refractivity contribution in [2.45, 2.75) is 16.6 Å². The fourth-order valence-electron chi connectivity index (χ4n) is 3.10. The van der Waals surface area contributed by atoms with E-state index in [2.05, 4.69) is 5.32 Å². The Morgan fingerprint density at radius 2 is 1.77 bits per heavy atom. The number of carbonyl (C=O) groups is 3. The molecule has 2 aromatic rings. The van der Waals surface area contributed by atoms with Gasteiger partial charge in [0.15, 0.2) is 0 Å². The molecule has 1 atom stereocenters. The molecule has 1 aliphatic rings. The molecule has 0 aliphatic carbocycles. The number of nitrogens with one attached hydrogen (secondary N) is 2. The molecule has 1 aliphatic heterocycles. The standard InChI is InChI=1S/C20H15F3N4O3S/c21-20(22,23)19(13-6-2-1-3-7-13)17(29)27(18(30)26-19)12-16(28)25-14-8-4-5-9-15(14)31-11-10-24/h1-9H,11-12H2,(H,25,28)(H,26,30). The number of para-hydroxylation sites is 1. The van der Waals surface area contributed by atoms with Crippen molar-refractivity contribution >= 4 is 35.3 Å². The number of hydrogen-bond acceptors (Lipinski definition) is 5. The van der Waals surface area contributed by atoms with Gasteiger partial charge in [-0.3, -0.25) is 14.5 Å². The zero-order chi connectivity index (χ0) is 22.6. The lowest BCUT2D eigenvalue weighted by Crippen LogP contribution is -2.55. The van der Waals surface area contributed by atoms with Gasteiger partial charge in [0, 0.05) is 4.90 Å². The Hall–Kier alpha value is -3.52. The maximum absolute atomic E-state index is 14.0. The number of alkyl halides is 3. The van der Waals surface area contributed by atoms with Crippen LogP contribution < -0.4 is 10.6 Å². The molecule has 2 N–H and O–H groups in total. The van der Waals surface area contributed by atoms with Gasteiger partial charge in [-0.1, -0.05) is 42.5 Å². The number of halogens is 3. The van der Waals surface area contributed by atoms with Crippen LogP contribution in [0, 0.1) is 11.3 Å². The first-order valence-corrected chi connectivity index (χ1v) is 9.84. The van der Waals surface area contributed by atoms with E-state index in [1.54, 1.807) is 23.5 Å². The van der Waals surface area contributed by atoms with E-state index >= 15 is 0 Å². The number of carbonyl (C=O) groups excluding carboxylic acids is 3. The Bertz CT molecular complexity index is 1060. The summed E-state index contributed by atoms with van der Waals surface area (Å²) in [5.41, 5.74) is -3.42. The highest BCUT2D eigenvalue weighted by molar-refractivity contribution is 7.99. The molecule has 0 saturated carbocycles. The molecule has 2 aromatic carbocycles. The van der Waals surface area contributed by atoms with E-state index in [4.69, 9.17) is 5.26 Å². The second-order valence-corrected chi connectivity index (χ2v) is 7.44. The summed E-state index contributed by atoms with van der Waals surface area (Å²) in [6, 6.07) is 13.4. The molecule has 31 heavy (non-hydrogen) atoms. The summed E-state index contributed by atoms with van der Waals surface area (Å²) in [6.45, 7) is -0.910. The molecule has 0 aromatic heterocycles. The predicted octanol–water partition coefficient (Wildman–Crippen LogP) is 3.25. The van der Waals surface area contributed by atoms with Crippen LogP contribution in [0.3, 0.4) is 0 Å². The maximum Gasteiger partial charge on any atom is 0.425 e. The van der Waals surface area contributed by atoms with E-state index in [0.717, 1.165) is 23.9 Å². The summed E-state index contributed by atoms with van der Waals surface area (Å²) in [4.78, 5) is 38.3. The van der Waals surface area contributed by atoms with Crippen LogP contribution in [-0.2, 0) is 15.1 Å². The Morgan fingerprint density at radius 3 is 2.42 bits per heavy atom. The van der Waals surface area contributed by atoms with Crippen LogP contribution in [-0.4, -0.2) is 41.2 Å². The van der Waals surface area contributed by atoms with Crippen molar-refractivity contribution in [3.05, 3.63) is 60.2 Å². The van der Waals surface area contributed by atoms with E-state index in [0.29, 0.717) is 10.6 Å². The second-order valence-electron chi connectivity index (χ2n) is 6.43. The van der Waals surface area contributed by atoms with Crippen molar-refractivity contribution in [1.82, 2.24) is 10.2 Å². The first-order valence-electron chi connectivity index (χ1n) is 8.85. The van der Waals surface area contributed by atoms with Gasteiger partial charge < -0.3 is 10.6 Å². The molecule has 4 amide bonds. The van der Waals surface area contributed by atoms with Gasteiger partial charge >= 0.3 is 12.2 Å². The molecule has 1 heterocycles. The van der Waals surface area contributed by atoms with Crippen LogP contribution in [0.4, 0.5) is 23.7 Å². The first-order chi connectivity index (χ1) is 14.7. The third-order valence-corrected chi connectivity index (χ3v) is 5.43. The highest BCUT2D eigenvalue weighted by Gasteiger charge is 2.68. The summed E-state index contributed by atoms with van der Waals surface area (Å²) in [7, 11) is 0. The molecular formula is C20H15F3N4O3S. The van der Waals surface area contributed by atoms with Crippen molar-refractivity contribution in [2.24, 2.45) is 0 Å². The van der Waals surface area contributed by atoms with E-state index in [1.165, 1.54) is 24.3 Å². The Morgan fingerprint density at radius 1 is 1.13 bits per heavy atom. The maximum atomic E-state index is 14.0. The number of hydrogen-bond donors (Lipinski definition) is 2. The molecule has 1 unspecified atom stereocenters. The molecule has 160 valence electrons. The average molecular weight is 448 g/mol. The number of thioether (sulfide) groups is 1. The average Bonchev–Trinajstić information content (AvgIpc) is 2.99. The van der Waals surface area contributed by atoms with Gasteiger partial charge in [0.05, 0.1) is 17.5 Å². The van der Waals surface area contributed by atoms with Crippen molar-refractivity contribution in [1.29, 1.82) is 5.26 Å². The third-order valence-electron chi connectivity index (χ3n) is 4.49. The third kappa shape index (κ3) is 4.20. The van der Waals surface area contributed by atoms with Gasteiger partial charge in [0.1, 0.15) is 6.54 Å². The largest absolute Gasteiger partial charge is 0.425 e. The lowest BCUT2D eigenvalue weighted by atomic mass is 9.89.